The van der Waals surface area contributed by atoms with Crippen LogP contribution in [0.15, 0.2) is 24.3 Å². The van der Waals surface area contributed by atoms with Crippen LogP contribution in [0.2, 0.25) is 0 Å². The zero-order valence-corrected chi connectivity index (χ0v) is 9.36. The number of carbonyl (C=O) groups is 1. The summed E-state index contributed by atoms with van der Waals surface area (Å²) in [5.74, 6) is -0.969. The molecule has 1 aromatic carbocycles. The van der Waals surface area contributed by atoms with Crippen LogP contribution in [0, 0.1) is 5.82 Å². The SMILES string of the molecule is O=C(CCc1ccccc1F)CP(=O)(O)O. The van der Waals surface area contributed by atoms with Gasteiger partial charge in [0, 0.05) is 6.42 Å². The van der Waals surface area contributed by atoms with E-state index >= 15 is 0 Å². The number of ketones is 1. The molecule has 4 nitrogen and oxygen atoms in total. The van der Waals surface area contributed by atoms with Crippen LogP contribution in [0.5, 0.6) is 0 Å². The molecule has 2 N–H and O–H groups in total. The summed E-state index contributed by atoms with van der Waals surface area (Å²) in [4.78, 5) is 28.2. The minimum Gasteiger partial charge on any atom is -0.324 e. The van der Waals surface area contributed by atoms with Gasteiger partial charge in [-0.2, -0.15) is 0 Å². The first-order valence-corrected chi connectivity index (χ1v) is 6.48. The van der Waals surface area contributed by atoms with Crippen molar-refractivity contribution in [2.75, 3.05) is 6.16 Å². The van der Waals surface area contributed by atoms with E-state index in [2.05, 4.69) is 0 Å². The summed E-state index contributed by atoms with van der Waals surface area (Å²) in [5.41, 5.74) is 0.376. The average Bonchev–Trinajstić information content (AvgIpc) is 2.14. The van der Waals surface area contributed by atoms with Gasteiger partial charge in [0.25, 0.3) is 0 Å². The van der Waals surface area contributed by atoms with Gasteiger partial charge < -0.3 is 9.79 Å². The lowest BCUT2D eigenvalue weighted by Crippen LogP contribution is -2.07. The second-order valence-corrected chi connectivity index (χ2v) is 5.10. The van der Waals surface area contributed by atoms with Crippen LogP contribution in [0.1, 0.15) is 12.0 Å². The third-order valence-corrected chi connectivity index (χ3v) is 2.78. The maximum Gasteiger partial charge on any atom is 0.332 e. The van der Waals surface area contributed by atoms with E-state index < -0.39 is 25.4 Å². The van der Waals surface area contributed by atoms with Gasteiger partial charge in [-0.15, -0.1) is 0 Å². The first-order valence-electron chi connectivity index (χ1n) is 4.68. The van der Waals surface area contributed by atoms with Gasteiger partial charge in [-0.05, 0) is 18.1 Å². The highest BCUT2D eigenvalue weighted by Crippen LogP contribution is 2.34. The summed E-state index contributed by atoms with van der Waals surface area (Å²) in [6.07, 6.45) is -0.682. The molecule has 0 aliphatic heterocycles. The molecule has 0 aromatic heterocycles. The average molecular weight is 246 g/mol. The van der Waals surface area contributed by atoms with Crippen molar-refractivity contribution < 1.29 is 23.5 Å². The van der Waals surface area contributed by atoms with Crippen LogP contribution in [0.3, 0.4) is 0 Å². The molecule has 1 aromatic rings. The number of benzene rings is 1. The number of rotatable bonds is 5. The van der Waals surface area contributed by atoms with Gasteiger partial charge in [0.2, 0.25) is 0 Å². The number of halogens is 1. The van der Waals surface area contributed by atoms with Gasteiger partial charge in [-0.1, -0.05) is 18.2 Å². The van der Waals surface area contributed by atoms with Crippen molar-refractivity contribution in [2.45, 2.75) is 12.8 Å². The number of hydrogen-bond donors (Lipinski definition) is 2. The van der Waals surface area contributed by atoms with Crippen LogP contribution in [-0.4, -0.2) is 21.7 Å². The third kappa shape index (κ3) is 4.66. The van der Waals surface area contributed by atoms with E-state index in [1.54, 1.807) is 12.1 Å². The van der Waals surface area contributed by atoms with Crippen molar-refractivity contribution >= 4 is 13.4 Å². The Balaban J connectivity index is 2.50. The van der Waals surface area contributed by atoms with Gasteiger partial charge in [0.1, 0.15) is 17.8 Å². The van der Waals surface area contributed by atoms with Gasteiger partial charge in [0.05, 0.1) is 0 Å². The van der Waals surface area contributed by atoms with Crippen LogP contribution >= 0.6 is 7.60 Å². The predicted octanol–water partition coefficient (Wildman–Crippen LogP) is 1.51. The quantitative estimate of drug-likeness (QED) is 0.772. The molecular weight excluding hydrogens is 234 g/mol. The first kappa shape index (κ1) is 13.0. The molecule has 0 saturated heterocycles. The van der Waals surface area contributed by atoms with Crippen molar-refractivity contribution in [1.82, 2.24) is 0 Å². The molecule has 0 radical (unpaired) electrons. The molecule has 0 unspecified atom stereocenters. The Bertz CT molecular complexity index is 427. The fourth-order valence-corrected chi connectivity index (χ4v) is 1.90. The van der Waals surface area contributed by atoms with E-state index in [-0.39, 0.29) is 12.8 Å². The van der Waals surface area contributed by atoms with E-state index in [4.69, 9.17) is 9.79 Å². The summed E-state index contributed by atoms with van der Waals surface area (Å²) in [6, 6.07) is 6.01. The Hall–Kier alpha value is -1.03. The molecule has 88 valence electrons. The molecule has 16 heavy (non-hydrogen) atoms. The molecule has 0 fully saturated rings. The Morgan fingerprint density at radius 2 is 1.94 bits per heavy atom. The zero-order valence-electron chi connectivity index (χ0n) is 8.47. The second-order valence-electron chi connectivity index (χ2n) is 3.45. The fourth-order valence-electron chi connectivity index (χ4n) is 1.28. The lowest BCUT2D eigenvalue weighted by atomic mass is 10.1. The highest BCUT2D eigenvalue weighted by Gasteiger charge is 2.18. The van der Waals surface area contributed by atoms with Crippen LogP contribution in [0.25, 0.3) is 0 Å². The molecule has 0 saturated carbocycles. The standard InChI is InChI=1S/C10H12FO4P/c11-10-4-2-1-3-8(10)5-6-9(12)7-16(13,14)15/h1-4H,5-7H2,(H2,13,14,15). The van der Waals surface area contributed by atoms with Crippen molar-refractivity contribution in [2.24, 2.45) is 0 Å². The van der Waals surface area contributed by atoms with E-state index in [0.717, 1.165) is 0 Å². The molecule has 0 aliphatic rings. The van der Waals surface area contributed by atoms with E-state index in [1.165, 1.54) is 12.1 Å². The molecule has 0 atom stereocenters. The Morgan fingerprint density at radius 1 is 1.31 bits per heavy atom. The van der Waals surface area contributed by atoms with E-state index in [9.17, 15) is 13.8 Å². The van der Waals surface area contributed by atoms with Crippen LogP contribution in [-0.2, 0) is 15.8 Å². The summed E-state index contributed by atoms with van der Waals surface area (Å²) < 4.78 is 23.6. The molecule has 0 amide bonds. The van der Waals surface area contributed by atoms with Gasteiger partial charge in [-0.3, -0.25) is 9.36 Å². The maximum absolute atomic E-state index is 13.1. The minimum atomic E-state index is -4.30. The minimum absolute atomic E-state index is 0.0634. The number of hydrogen-bond acceptors (Lipinski definition) is 2. The number of carbonyl (C=O) groups excluding carboxylic acids is 1. The predicted molar refractivity (Wildman–Crippen MR) is 56.6 cm³/mol. The normalized spacial score (nSPS) is 11.4. The highest BCUT2D eigenvalue weighted by atomic mass is 31.2. The lowest BCUT2D eigenvalue weighted by molar-refractivity contribution is -0.116. The number of Topliss-reactive ketones (excluding diaryl/α,β-unsaturated/α-hetero) is 1. The Morgan fingerprint density at radius 3 is 2.50 bits per heavy atom. The van der Waals surface area contributed by atoms with E-state index in [0.29, 0.717) is 5.56 Å². The van der Waals surface area contributed by atoms with E-state index in [1.807, 2.05) is 0 Å². The topological polar surface area (TPSA) is 74.6 Å². The molecule has 0 aliphatic carbocycles. The Labute approximate surface area is 92.3 Å². The summed E-state index contributed by atoms with van der Waals surface area (Å²) in [6.45, 7) is 0. The zero-order chi connectivity index (χ0) is 12.2. The molecular formula is C10H12FO4P. The maximum atomic E-state index is 13.1. The first-order chi connectivity index (χ1) is 7.38. The molecule has 0 spiro atoms. The van der Waals surface area contributed by atoms with Crippen LogP contribution < -0.4 is 0 Å². The molecule has 0 bridgehead atoms. The monoisotopic (exact) mass is 246 g/mol. The summed E-state index contributed by atoms with van der Waals surface area (Å²) in [7, 11) is -4.30. The molecule has 6 heteroatoms. The largest absolute Gasteiger partial charge is 0.332 e. The third-order valence-electron chi connectivity index (χ3n) is 2.01. The second kappa shape index (κ2) is 5.34. The van der Waals surface area contributed by atoms with Crippen molar-refractivity contribution in [3.8, 4) is 0 Å². The Kier molecular flexibility index (Phi) is 4.35. The van der Waals surface area contributed by atoms with Gasteiger partial charge in [0.15, 0.2) is 0 Å². The van der Waals surface area contributed by atoms with Crippen molar-refractivity contribution in [3.63, 3.8) is 0 Å². The summed E-state index contributed by atoms with van der Waals surface area (Å²) >= 11 is 0. The smallest absolute Gasteiger partial charge is 0.324 e. The summed E-state index contributed by atoms with van der Waals surface area (Å²) in [5, 5.41) is 0. The van der Waals surface area contributed by atoms with Crippen molar-refractivity contribution in [1.29, 1.82) is 0 Å². The van der Waals surface area contributed by atoms with Crippen molar-refractivity contribution in [3.05, 3.63) is 35.6 Å². The van der Waals surface area contributed by atoms with Gasteiger partial charge in [-0.25, -0.2) is 4.39 Å². The fraction of sp³-hybridized carbons (Fsp3) is 0.300. The lowest BCUT2D eigenvalue weighted by Gasteiger charge is -2.04. The molecule has 1 rings (SSSR count). The van der Waals surface area contributed by atoms with Crippen LogP contribution in [0.4, 0.5) is 4.39 Å². The molecule has 0 heterocycles. The number of aryl methyl sites for hydroxylation is 1. The highest BCUT2D eigenvalue weighted by molar-refractivity contribution is 7.52. The van der Waals surface area contributed by atoms with Gasteiger partial charge >= 0.3 is 7.60 Å².